The van der Waals surface area contributed by atoms with Crippen molar-refractivity contribution in [2.75, 3.05) is 0 Å². The van der Waals surface area contributed by atoms with Crippen molar-refractivity contribution >= 4 is 35.9 Å². The van der Waals surface area contributed by atoms with E-state index in [-0.39, 0.29) is 0 Å². The largest absolute Gasteiger partial charge is 0.384 e. The molecule has 1 N–H and O–H groups in total. The molecule has 0 fully saturated rings. The predicted octanol–water partition coefficient (Wildman–Crippen LogP) is 4.98. The summed E-state index contributed by atoms with van der Waals surface area (Å²) in [5, 5.41) is 16.1. The fourth-order valence-electron chi connectivity index (χ4n) is 3.00. The second-order valence-electron chi connectivity index (χ2n) is 6.11. The Balaban J connectivity index is 1.70. The van der Waals surface area contributed by atoms with Crippen LogP contribution >= 0.6 is 12.8 Å². The Morgan fingerprint density at radius 2 is 1.54 bits per heavy atom. The summed E-state index contributed by atoms with van der Waals surface area (Å²) in [5.41, 5.74) is 4.51. The van der Waals surface area contributed by atoms with E-state index < -0.39 is 6.10 Å². The van der Waals surface area contributed by atoms with Gasteiger partial charge in [0.05, 0.1) is 11.2 Å². The lowest BCUT2D eigenvalue weighted by molar-refractivity contribution is 0.220. The Bertz CT molecular complexity index is 1060. The van der Waals surface area contributed by atoms with E-state index in [2.05, 4.69) is 17.9 Å². The van der Waals surface area contributed by atoms with Gasteiger partial charge in [-0.3, -0.25) is 0 Å². The molecule has 3 nitrogen and oxygen atoms in total. The highest BCUT2D eigenvalue weighted by Gasteiger charge is 2.13. The van der Waals surface area contributed by atoms with Crippen molar-refractivity contribution in [3.63, 3.8) is 0 Å². The Morgan fingerprint density at radius 3 is 2.27 bits per heavy atom. The van der Waals surface area contributed by atoms with E-state index in [1.807, 2.05) is 91.0 Å². The molecule has 0 saturated heterocycles. The zero-order chi connectivity index (χ0) is 17.9. The van der Waals surface area contributed by atoms with Crippen LogP contribution in [0, 0.1) is 0 Å². The van der Waals surface area contributed by atoms with Gasteiger partial charge in [0.15, 0.2) is 0 Å². The third-order valence-corrected chi connectivity index (χ3v) is 4.68. The van der Waals surface area contributed by atoms with Crippen LogP contribution in [0.2, 0.25) is 0 Å². The van der Waals surface area contributed by atoms with Gasteiger partial charge in [0, 0.05) is 5.39 Å². The van der Waals surface area contributed by atoms with Gasteiger partial charge in [0.2, 0.25) is 0 Å². The second kappa shape index (κ2) is 7.20. The Labute approximate surface area is 157 Å². The molecular formula is C22H18N2OS. The number of fused-ring (bicyclic) bond motifs is 1. The Morgan fingerprint density at radius 1 is 0.846 bits per heavy atom. The lowest BCUT2D eigenvalue weighted by Crippen LogP contribution is -1.99. The Hall–Kier alpha value is -2.82. The number of hydrogen-bond donors (Lipinski definition) is 2. The molecule has 1 aromatic heterocycles. The summed E-state index contributed by atoms with van der Waals surface area (Å²) in [5.74, 6) is 0. The number of thiol groups is 1. The summed E-state index contributed by atoms with van der Waals surface area (Å²) in [6.45, 7) is 0. The van der Waals surface area contributed by atoms with E-state index in [1.165, 1.54) is 0 Å². The maximum atomic E-state index is 10.6. The van der Waals surface area contributed by atoms with Crippen LogP contribution in [-0.4, -0.2) is 14.3 Å². The highest BCUT2D eigenvalue weighted by atomic mass is 32.1. The molecule has 4 rings (SSSR count). The molecule has 4 aromatic rings. The summed E-state index contributed by atoms with van der Waals surface area (Å²) in [7, 11) is 0. The lowest BCUT2D eigenvalue weighted by atomic mass is 10.00. The summed E-state index contributed by atoms with van der Waals surface area (Å²) in [4.78, 5) is 0. The molecule has 4 heteroatoms. The van der Waals surface area contributed by atoms with E-state index in [4.69, 9.17) is 0 Å². The van der Waals surface area contributed by atoms with Gasteiger partial charge < -0.3 is 5.11 Å². The summed E-state index contributed by atoms with van der Waals surface area (Å²) < 4.78 is 1.56. The molecule has 1 unspecified atom stereocenters. The molecule has 1 heterocycles. The van der Waals surface area contributed by atoms with Crippen molar-refractivity contribution in [3.05, 3.63) is 101 Å². The minimum absolute atomic E-state index is 0.674. The molecule has 0 spiro atoms. The first-order valence-corrected chi connectivity index (χ1v) is 8.80. The molecule has 0 amide bonds. The first kappa shape index (κ1) is 16.6. The van der Waals surface area contributed by atoms with Crippen LogP contribution in [0.15, 0.2) is 78.9 Å². The number of benzene rings is 3. The minimum atomic E-state index is -0.674. The summed E-state index contributed by atoms with van der Waals surface area (Å²) in [6, 6.07) is 25.6. The maximum Gasteiger partial charge on any atom is 0.104 e. The summed E-state index contributed by atoms with van der Waals surface area (Å²) >= 11 is 4.44. The highest BCUT2D eigenvalue weighted by Crippen LogP contribution is 2.28. The SMILES string of the molecule is OC(c1ccccc1)c1ccc2c(/C=C/c3ccccc3)nn(S)c2c1. The number of aliphatic hydroxyl groups is 1. The number of aliphatic hydroxyl groups excluding tert-OH is 1. The lowest BCUT2D eigenvalue weighted by Gasteiger charge is -2.11. The quantitative estimate of drug-likeness (QED) is 0.505. The van der Waals surface area contributed by atoms with Crippen LogP contribution in [0.5, 0.6) is 0 Å². The van der Waals surface area contributed by atoms with E-state index in [0.717, 1.165) is 33.3 Å². The number of aromatic nitrogens is 2. The fraction of sp³-hybridized carbons (Fsp3) is 0.0455. The van der Waals surface area contributed by atoms with E-state index in [9.17, 15) is 5.11 Å². The van der Waals surface area contributed by atoms with Crippen molar-refractivity contribution < 1.29 is 5.11 Å². The molecule has 0 radical (unpaired) electrons. The van der Waals surface area contributed by atoms with Gasteiger partial charge >= 0.3 is 0 Å². The molecule has 26 heavy (non-hydrogen) atoms. The van der Waals surface area contributed by atoms with Gasteiger partial charge in [-0.2, -0.15) is 5.10 Å². The first-order valence-electron chi connectivity index (χ1n) is 8.40. The molecule has 0 aliphatic rings. The van der Waals surface area contributed by atoms with Crippen molar-refractivity contribution in [1.82, 2.24) is 9.19 Å². The monoisotopic (exact) mass is 358 g/mol. The summed E-state index contributed by atoms with van der Waals surface area (Å²) in [6.07, 6.45) is 3.34. The average molecular weight is 358 g/mol. The van der Waals surface area contributed by atoms with Crippen LogP contribution in [0.4, 0.5) is 0 Å². The minimum Gasteiger partial charge on any atom is -0.384 e. The van der Waals surface area contributed by atoms with Crippen LogP contribution in [0.3, 0.4) is 0 Å². The molecule has 0 aliphatic carbocycles. The van der Waals surface area contributed by atoms with Gasteiger partial charge in [0.25, 0.3) is 0 Å². The number of hydrogen-bond acceptors (Lipinski definition) is 3. The van der Waals surface area contributed by atoms with Crippen LogP contribution < -0.4 is 0 Å². The zero-order valence-corrected chi connectivity index (χ0v) is 14.9. The Kier molecular flexibility index (Phi) is 4.61. The van der Waals surface area contributed by atoms with Crippen LogP contribution in [-0.2, 0) is 0 Å². The van der Waals surface area contributed by atoms with Gasteiger partial charge in [-0.05, 0) is 41.6 Å². The van der Waals surface area contributed by atoms with Gasteiger partial charge in [-0.1, -0.05) is 78.9 Å². The van der Waals surface area contributed by atoms with E-state index >= 15 is 0 Å². The molecular weight excluding hydrogens is 340 g/mol. The maximum absolute atomic E-state index is 10.6. The second-order valence-corrected chi connectivity index (χ2v) is 6.49. The highest BCUT2D eigenvalue weighted by molar-refractivity contribution is 7.78. The van der Waals surface area contributed by atoms with Gasteiger partial charge in [-0.15, -0.1) is 0 Å². The molecule has 128 valence electrons. The molecule has 0 saturated carbocycles. The first-order chi connectivity index (χ1) is 12.7. The third kappa shape index (κ3) is 3.29. The normalized spacial score (nSPS) is 12.7. The fourth-order valence-corrected chi connectivity index (χ4v) is 3.26. The van der Waals surface area contributed by atoms with E-state index in [1.54, 1.807) is 4.09 Å². The smallest absolute Gasteiger partial charge is 0.104 e. The zero-order valence-electron chi connectivity index (χ0n) is 14.0. The average Bonchev–Trinajstić information content (AvgIpc) is 3.02. The third-order valence-electron chi connectivity index (χ3n) is 4.38. The molecule has 0 bridgehead atoms. The van der Waals surface area contributed by atoms with Crippen molar-refractivity contribution in [3.8, 4) is 0 Å². The van der Waals surface area contributed by atoms with Crippen molar-refractivity contribution in [1.29, 1.82) is 0 Å². The standard InChI is InChI=1S/C22H18N2OS/c25-22(17-9-5-2-6-10-17)18-12-13-19-20(23-24(26)21(19)15-18)14-11-16-7-3-1-4-8-16/h1-15,22,25-26H/b14-11+. The predicted molar refractivity (Wildman–Crippen MR) is 110 cm³/mol. The molecule has 1 atom stereocenters. The molecule has 3 aromatic carbocycles. The van der Waals surface area contributed by atoms with Crippen LogP contribution in [0.1, 0.15) is 28.5 Å². The number of rotatable bonds is 4. The van der Waals surface area contributed by atoms with Crippen molar-refractivity contribution in [2.24, 2.45) is 0 Å². The number of nitrogens with zero attached hydrogens (tertiary/aromatic N) is 2. The van der Waals surface area contributed by atoms with Gasteiger partial charge in [0.1, 0.15) is 6.10 Å². The van der Waals surface area contributed by atoms with Crippen molar-refractivity contribution in [2.45, 2.75) is 6.10 Å². The van der Waals surface area contributed by atoms with Crippen LogP contribution in [0.25, 0.3) is 23.1 Å². The van der Waals surface area contributed by atoms with Gasteiger partial charge in [-0.25, -0.2) is 4.09 Å². The topological polar surface area (TPSA) is 38.1 Å². The molecule has 0 aliphatic heterocycles. The van der Waals surface area contributed by atoms with E-state index in [0.29, 0.717) is 0 Å².